The van der Waals surface area contributed by atoms with Gasteiger partial charge in [0.1, 0.15) is 29.3 Å². The summed E-state index contributed by atoms with van der Waals surface area (Å²) >= 11 is 0. The Labute approximate surface area is 265 Å². The third-order valence-corrected chi connectivity index (χ3v) is 7.83. The second-order valence-electron chi connectivity index (χ2n) is 10.9. The number of nitrogens with zero attached hydrogens (tertiary/aromatic N) is 3. The number of amides is 1. The molecule has 5 rings (SSSR count). The van der Waals surface area contributed by atoms with Crippen LogP contribution in [0, 0.1) is 11.6 Å². The van der Waals surface area contributed by atoms with Crippen molar-refractivity contribution in [1.82, 2.24) is 14.9 Å². The zero-order valence-corrected chi connectivity index (χ0v) is 24.6. The standard InChI is InChI=1S/C31H24F8N4O5/c1-42-8-6-19(30(34,35)36)24(28(42)45)26-18-4-2-3-15(17(18)5-7-40-26)11-22(29(46)47)41-27(44)25-20(32)12-16(13-21(25)33)43-9-10-48-14-23(43)31(37,38)39/h2-8,12-13,22-23H,9-11,14H2,1H3,(H,41,44)(H,46,47)/t22-,23-/m0/s1. The molecule has 2 aromatic carbocycles. The molecule has 0 spiro atoms. The van der Waals surface area contributed by atoms with E-state index in [4.69, 9.17) is 4.74 Å². The Bertz CT molecular complexity index is 1940. The number of fused-ring (bicyclic) bond motifs is 1. The number of carboxylic acid groups (broad SMARTS) is 1. The fraction of sp³-hybridized carbons (Fsp3) is 0.290. The highest BCUT2D eigenvalue weighted by atomic mass is 19.4. The van der Waals surface area contributed by atoms with Crippen molar-refractivity contribution in [2.24, 2.45) is 7.05 Å². The number of anilines is 1. The molecular weight excluding hydrogens is 660 g/mol. The van der Waals surface area contributed by atoms with E-state index in [-0.39, 0.29) is 35.2 Å². The van der Waals surface area contributed by atoms with Crippen LogP contribution in [0.5, 0.6) is 0 Å². The predicted octanol–water partition coefficient (Wildman–Crippen LogP) is 5.09. The maximum absolute atomic E-state index is 15.1. The Balaban J connectivity index is 1.47. The lowest BCUT2D eigenvalue weighted by molar-refractivity contribution is -0.167. The van der Waals surface area contributed by atoms with Crippen LogP contribution >= 0.6 is 0 Å². The molecule has 9 nitrogen and oxygen atoms in total. The van der Waals surface area contributed by atoms with E-state index in [1.807, 2.05) is 5.32 Å². The van der Waals surface area contributed by atoms with Gasteiger partial charge in [0, 0.05) is 43.5 Å². The first kappa shape index (κ1) is 34.3. The zero-order chi connectivity index (χ0) is 35.1. The number of benzene rings is 2. The predicted molar refractivity (Wildman–Crippen MR) is 154 cm³/mol. The number of pyridine rings is 2. The highest BCUT2D eigenvalue weighted by molar-refractivity contribution is 5.99. The van der Waals surface area contributed by atoms with Crippen LogP contribution in [0.15, 0.2) is 59.7 Å². The Kier molecular flexibility index (Phi) is 9.18. The number of ether oxygens (including phenoxy) is 1. The van der Waals surface area contributed by atoms with Gasteiger partial charge in [-0.1, -0.05) is 18.2 Å². The molecule has 0 bridgehead atoms. The highest BCUT2D eigenvalue weighted by Crippen LogP contribution is 2.37. The van der Waals surface area contributed by atoms with Crippen molar-refractivity contribution in [3.05, 3.63) is 93.5 Å². The summed E-state index contributed by atoms with van der Waals surface area (Å²) in [7, 11) is 1.25. The fourth-order valence-electron chi connectivity index (χ4n) is 5.52. The van der Waals surface area contributed by atoms with E-state index in [0.29, 0.717) is 17.0 Å². The van der Waals surface area contributed by atoms with Crippen LogP contribution < -0.4 is 15.8 Å². The van der Waals surface area contributed by atoms with Crippen molar-refractivity contribution in [3.63, 3.8) is 0 Å². The normalized spacial score (nSPS) is 16.2. The first-order chi connectivity index (χ1) is 22.5. The lowest BCUT2D eigenvalue weighted by atomic mass is 9.95. The molecule has 2 N–H and O–H groups in total. The lowest BCUT2D eigenvalue weighted by Crippen LogP contribution is -2.53. The zero-order valence-electron chi connectivity index (χ0n) is 24.6. The van der Waals surface area contributed by atoms with Gasteiger partial charge in [-0.2, -0.15) is 26.3 Å². The number of carboxylic acids is 1. The topological polar surface area (TPSA) is 114 Å². The molecule has 2 aromatic heterocycles. The van der Waals surface area contributed by atoms with E-state index in [2.05, 4.69) is 4.98 Å². The van der Waals surface area contributed by atoms with E-state index in [9.17, 15) is 45.8 Å². The number of carbonyl (C=O) groups is 2. The minimum absolute atomic E-state index is 0.0483. The Morgan fingerprint density at radius 2 is 1.75 bits per heavy atom. The summed E-state index contributed by atoms with van der Waals surface area (Å²) in [6.07, 6.45) is -8.19. The molecule has 254 valence electrons. The first-order valence-electron chi connectivity index (χ1n) is 14.1. The van der Waals surface area contributed by atoms with Crippen molar-refractivity contribution in [3.8, 4) is 11.3 Å². The van der Waals surface area contributed by atoms with E-state index in [0.717, 1.165) is 23.0 Å². The van der Waals surface area contributed by atoms with Gasteiger partial charge in [-0.3, -0.25) is 14.6 Å². The number of aromatic nitrogens is 2. The summed E-state index contributed by atoms with van der Waals surface area (Å²) in [5, 5.41) is 12.1. The SMILES string of the molecule is Cn1ccc(C(F)(F)F)c(-c2nccc3c(C[C@H](NC(=O)c4c(F)cc(N5CCOC[C@H]5C(F)(F)F)cc4F)C(=O)O)cccc23)c1=O. The molecule has 2 atom stereocenters. The number of nitrogens with one attached hydrogen (secondary N) is 1. The molecule has 0 aliphatic carbocycles. The Hall–Kier alpha value is -5.06. The summed E-state index contributed by atoms with van der Waals surface area (Å²) in [5.41, 5.74) is -4.92. The molecule has 1 aliphatic heterocycles. The van der Waals surface area contributed by atoms with Crippen molar-refractivity contribution >= 4 is 28.3 Å². The first-order valence-corrected chi connectivity index (χ1v) is 14.1. The van der Waals surface area contributed by atoms with E-state index < -0.39 is 88.9 Å². The summed E-state index contributed by atoms with van der Waals surface area (Å²) < 4.78 is 118. The van der Waals surface area contributed by atoms with Crippen molar-refractivity contribution in [2.45, 2.75) is 30.9 Å². The number of alkyl halides is 6. The lowest BCUT2D eigenvalue weighted by Gasteiger charge is -2.38. The molecular formula is C31H24F8N4O5. The number of aryl methyl sites for hydroxylation is 1. The number of hydrogen-bond acceptors (Lipinski definition) is 6. The van der Waals surface area contributed by atoms with Crippen LogP contribution in [0.25, 0.3) is 22.0 Å². The molecule has 48 heavy (non-hydrogen) atoms. The number of halogens is 8. The minimum atomic E-state index is -4.92. The van der Waals surface area contributed by atoms with Gasteiger partial charge in [0.2, 0.25) is 0 Å². The quantitative estimate of drug-likeness (QED) is 0.261. The van der Waals surface area contributed by atoms with Crippen LogP contribution in [-0.4, -0.2) is 64.6 Å². The van der Waals surface area contributed by atoms with Crippen molar-refractivity contribution in [2.75, 3.05) is 24.7 Å². The summed E-state index contributed by atoms with van der Waals surface area (Å²) in [6.45, 7) is -1.30. The van der Waals surface area contributed by atoms with Gasteiger partial charge in [0.25, 0.3) is 11.5 Å². The molecule has 0 radical (unpaired) electrons. The number of morpholine rings is 1. The van der Waals surface area contributed by atoms with Gasteiger partial charge < -0.3 is 24.6 Å². The van der Waals surface area contributed by atoms with Crippen LogP contribution in [0.2, 0.25) is 0 Å². The van der Waals surface area contributed by atoms with Crippen molar-refractivity contribution < 1.29 is 54.6 Å². The van der Waals surface area contributed by atoms with E-state index in [1.165, 1.54) is 31.3 Å². The van der Waals surface area contributed by atoms with Crippen LogP contribution in [-0.2, 0) is 29.2 Å². The van der Waals surface area contributed by atoms with Crippen molar-refractivity contribution in [1.29, 1.82) is 0 Å². The highest BCUT2D eigenvalue weighted by Gasteiger charge is 2.46. The second-order valence-corrected chi connectivity index (χ2v) is 10.9. The van der Waals surface area contributed by atoms with Gasteiger partial charge in [0.05, 0.1) is 30.0 Å². The molecule has 4 aromatic rings. The van der Waals surface area contributed by atoms with Gasteiger partial charge in [-0.15, -0.1) is 0 Å². The summed E-state index contributed by atoms with van der Waals surface area (Å²) in [6, 6.07) is 3.21. The van der Waals surface area contributed by atoms with Crippen LogP contribution in [0.1, 0.15) is 21.5 Å². The monoisotopic (exact) mass is 684 g/mol. The molecule has 0 unspecified atom stereocenters. The fourth-order valence-corrected chi connectivity index (χ4v) is 5.52. The van der Waals surface area contributed by atoms with Gasteiger partial charge in [-0.05, 0) is 35.2 Å². The smallest absolute Gasteiger partial charge is 0.417 e. The number of aliphatic carboxylic acids is 1. The van der Waals surface area contributed by atoms with Gasteiger partial charge in [0.15, 0.2) is 0 Å². The third kappa shape index (κ3) is 6.67. The van der Waals surface area contributed by atoms with Crippen LogP contribution in [0.4, 0.5) is 40.8 Å². The second kappa shape index (κ2) is 12.9. The van der Waals surface area contributed by atoms with Crippen LogP contribution in [0.3, 0.4) is 0 Å². The minimum Gasteiger partial charge on any atom is -0.480 e. The van der Waals surface area contributed by atoms with E-state index in [1.54, 1.807) is 0 Å². The molecule has 17 heteroatoms. The number of hydrogen-bond donors (Lipinski definition) is 2. The molecule has 1 saturated heterocycles. The molecule has 1 fully saturated rings. The van der Waals surface area contributed by atoms with Gasteiger partial charge >= 0.3 is 18.3 Å². The average molecular weight is 685 g/mol. The largest absolute Gasteiger partial charge is 0.480 e. The molecule has 3 heterocycles. The number of rotatable bonds is 7. The molecule has 1 aliphatic rings. The third-order valence-electron chi connectivity index (χ3n) is 7.83. The summed E-state index contributed by atoms with van der Waals surface area (Å²) in [4.78, 5) is 42.8. The Morgan fingerprint density at radius 1 is 1.06 bits per heavy atom. The number of carbonyl (C=O) groups excluding carboxylic acids is 1. The Morgan fingerprint density at radius 3 is 2.38 bits per heavy atom. The molecule has 0 saturated carbocycles. The maximum Gasteiger partial charge on any atom is 0.417 e. The van der Waals surface area contributed by atoms with E-state index >= 15 is 8.78 Å². The summed E-state index contributed by atoms with van der Waals surface area (Å²) in [5.74, 6) is -6.28. The van der Waals surface area contributed by atoms with Gasteiger partial charge in [-0.25, -0.2) is 13.6 Å². The maximum atomic E-state index is 15.1. The average Bonchev–Trinajstić information content (AvgIpc) is 3.00. The molecule has 1 amide bonds.